The first-order valence-electron chi connectivity index (χ1n) is 7.03. The SMILES string of the molecule is CC1CCCC(OC(C)C(=O)NN2CC(=O)NC2=O)C1. The van der Waals surface area contributed by atoms with Crippen molar-refractivity contribution in [1.29, 1.82) is 0 Å². The molecule has 1 saturated heterocycles. The van der Waals surface area contributed by atoms with Crippen LogP contribution in [-0.4, -0.2) is 41.6 Å². The average molecular weight is 283 g/mol. The van der Waals surface area contributed by atoms with Crippen LogP contribution < -0.4 is 10.7 Å². The minimum atomic E-state index is -0.645. The summed E-state index contributed by atoms with van der Waals surface area (Å²) in [6, 6.07) is -0.609. The molecule has 7 nitrogen and oxygen atoms in total. The van der Waals surface area contributed by atoms with E-state index in [0.29, 0.717) is 5.92 Å². The molecule has 0 bridgehead atoms. The van der Waals surface area contributed by atoms with Crippen LogP contribution in [0.5, 0.6) is 0 Å². The highest BCUT2D eigenvalue weighted by atomic mass is 16.5. The van der Waals surface area contributed by atoms with Gasteiger partial charge in [0.25, 0.3) is 5.91 Å². The molecule has 7 heteroatoms. The molecule has 0 spiro atoms. The van der Waals surface area contributed by atoms with Crippen molar-refractivity contribution in [3.05, 3.63) is 0 Å². The Balaban J connectivity index is 1.80. The monoisotopic (exact) mass is 283 g/mol. The van der Waals surface area contributed by atoms with Gasteiger partial charge in [0.2, 0.25) is 5.91 Å². The van der Waals surface area contributed by atoms with Crippen molar-refractivity contribution >= 4 is 17.8 Å². The van der Waals surface area contributed by atoms with Gasteiger partial charge >= 0.3 is 6.03 Å². The van der Waals surface area contributed by atoms with Crippen LogP contribution in [0.25, 0.3) is 0 Å². The quantitative estimate of drug-likeness (QED) is 0.738. The summed E-state index contributed by atoms with van der Waals surface area (Å²) in [5, 5.41) is 3.06. The first kappa shape index (κ1) is 14.8. The van der Waals surface area contributed by atoms with E-state index in [2.05, 4.69) is 17.7 Å². The summed E-state index contributed by atoms with van der Waals surface area (Å²) >= 11 is 0. The minimum Gasteiger partial charge on any atom is -0.365 e. The van der Waals surface area contributed by atoms with Crippen molar-refractivity contribution in [2.45, 2.75) is 51.7 Å². The highest BCUT2D eigenvalue weighted by molar-refractivity contribution is 6.02. The Kier molecular flexibility index (Phi) is 4.59. The minimum absolute atomic E-state index is 0.0912. The number of imide groups is 1. The van der Waals surface area contributed by atoms with Crippen molar-refractivity contribution < 1.29 is 19.1 Å². The van der Waals surface area contributed by atoms with E-state index >= 15 is 0 Å². The summed E-state index contributed by atoms with van der Waals surface area (Å²) < 4.78 is 5.74. The molecule has 0 aromatic rings. The van der Waals surface area contributed by atoms with E-state index in [1.54, 1.807) is 6.92 Å². The zero-order valence-corrected chi connectivity index (χ0v) is 11.8. The van der Waals surface area contributed by atoms with Crippen LogP contribution in [0.4, 0.5) is 4.79 Å². The Hall–Kier alpha value is -1.63. The molecular formula is C13H21N3O4. The lowest BCUT2D eigenvalue weighted by Gasteiger charge is -2.29. The van der Waals surface area contributed by atoms with Gasteiger partial charge < -0.3 is 4.74 Å². The summed E-state index contributed by atoms with van der Waals surface area (Å²) in [7, 11) is 0. The molecular weight excluding hydrogens is 262 g/mol. The van der Waals surface area contributed by atoms with E-state index in [4.69, 9.17) is 4.74 Å². The van der Waals surface area contributed by atoms with Crippen molar-refractivity contribution in [3.8, 4) is 0 Å². The molecule has 2 fully saturated rings. The van der Waals surface area contributed by atoms with E-state index in [1.165, 1.54) is 6.42 Å². The van der Waals surface area contributed by atoms with Crippen LogP contribution in [-0.2, 0) is 14.3 Å². The van der Waals surface area contributed by atoms with Crippen LogP contribution >= 0.6 is 0 Å². The first-order chi connectivity index (χ1) is 9.45. The van der Waals surface area contributed by atoms with Gasteiger partial charge in [-0.2, -0.15) is 0 Å². The van der Waals surface area contributed by atoms with Gasteiger partial charge in [-0.15, -0.1) is 0 Å². The molecule has 0 aromatic heterocycles. The number of ether oxygens (including phenoxy) is 1. The molecule has 1 saturated carbocycles. The normalized spacial score (nSPS) is 28.2. The number of carbonyl (C=O) groups excluding carboxylic acids is 3. The molecule has 20 heavy (non-hydrogen) atoms. The van der Waals surface area contributed by atoms with E-state index in [9.17, 15) is 14.4 Å². The van der Waals surface area contributed by atoms with Crippen LogP contribution in [0.15, 0.2) is 0 Å². The van der Waals surface area contributed by atoms with Crippen molar-refractivity contribution in [1.82, 2.24) is 15.8 Å². The standard InChI is InChI=1S/C13H21N3O4/c1-8-4-3-5-10(6-8)20-9(2)12(18)15-16-7-11(17)14-13(16)19/h8-10H,3-7H2,1-2H3,(H,15,18)(H,14,17,19). The second kappa shape index (κ2) is 6.21. The van der Waals surface area contributed by atoms with E-state index < -0.39 is 23.9 Å². The Morgan fingerprint density at radius 3 is 2.80 bits per heavy atom. The van der Waals surface area contributed by atoms with Gasteiger partial charge in [-0.3, -0.25) is 20.3 Å². The Bertz CT molecular complexity index is 412. The Morgan fingerprint density at radius 2 is 2.20 bits per heavy atom. The number of rotatable bonds is 4. The Labute approximate surface area is 118 Å². The fraction of sp³-hybridized carbons (Fsp3) is 0.769. The van der Waals surface area contributed by atoms with Gasteiger partial charge in [-0.1, -0.05) is 19.8 Å². The molecule has 112 valence electrons. The van der Waals surface area contributed by atoms with Gasteiger partial charge in [-0.05, 0) is 25.7 Å². The molecule has 2 aliphatic rings. The highest BCUT2D eigenvalue weighted by Gasteiger charge is 2.30. The number of hydrazine groups is 1. The third kappa shape index (κ3) is 3.69. The van der Waals surface area contributed by atoms with Crippen LogP contribution in [0, 0.1) is 5.92 Å². The maximum Gasteiger partial charge on any atom is 0.343 e. The Morgan fingerprint density at radius 1 is 1.45 bits per heavy atom. The molecule has 2 N–H and O–H groups in total. The summed E-state index contributed by atoms with van der Waals surface area (Å²) in [4.78, 5) is 34.3. The molecule has 0 aromatic carbocycles. The lowest BCUT2D eigenvalue weighted by atomic mass is 9.88. The summed E-state index contributed by atoms with van der Waals surface area (Å²) in [5.74, 6) is -0.218. The second-order valence-corrected chi connectivity index (χ2v) is 5.59. The van der Waals surface area contributed by atoms with Crippen molar-refractivity contribution in [3.63, 3.8) is 0 Å². The number of amides is 4. The number of urea groups is 1. The second-order valence-electron chi connectivity index (χ2n) is 5.59. The molecule has 3 atom stereocenters. The van der Waals surface area contributed by atoms with Gasteiger partial charge in [0, 0.05) is 0 Å². The fourth-order valence-corrected chi connectivity index (χ4v) is 2.61. The molecule has 4 amide bonds. The first-order valence-corrected chi connectivity index (χ1v) is 7.03. The molecule has 2 rings (SSSR count). The zero-order chi connectivity index (χ0) is 14.7. The topological polar surface area (TPSA) is 87.7 Å². The summed E-state index contributed by atoms with van der Waals surface area (Å²) in [5.41, 5.74) is 2.40. The van der Waals surface area contributed by atoms with Crippen LogP contribution in [0.2, 0.25) is 0 Å². The zero-order valence-electron chi connectivity index (χ0n) is 11.8. The molecule has 1 aliphatic heterocycles. The number of nitrogens with one attached hydrogen (secondary N) is 2. The predicted molar refractivity (Wildman–Crippen MR) is 70.4 cm³/mol. The fourth-order valence-electron chi connectivity index (χ4n) is 2.61. The number of carbonyl (C=O) groups is 3. The number of hydrogen-bond acceptors (Lipinski definition) is 4. The molecule has 3 unspecified atom stereocenters. The summed E-state index contributed by atoms with van der Waals surface area (Å²) in [6.45, 7) is 3.68. The smallest absolute Gasteiger partial charge is 0.343 e. The van der Waals surface area contributed by atoms with E-state index in [0.717, 1.165) is 24.3 Å². The highest BCUT2D eigenvalue weighted by Crippen LogP contribution is 2.26. The lowest BCUT2D eigenvalue weighted by molar-refractivity contribution is -0.140. The molecule has 0 radical (unpaired) electrons. The maximum atomic E-state index is 11.9. The number of hydrogen-bond donors (Lipinski definition) is 2. The van der Waals surface area contributed by atoms with E-state index in [1.807, 2.05) is 0 Å². The van der Waals surface area contributed by atoms with Gasteiger partial charge in [0.1, 0.15) is 12.6 Å². The van der Waals surface area contributed by atoms with Crippen LogP contribution in [0.1, 0.15) is 39.5 Å². The molecule has 1 aliphatic carbocycles. The largest absolute Gasteiger partial charge is 0.365 e. The average Bonchev–Trinajstić information content (AvgIpc) is 2.67. The number of nitrogens with zero attached hydrogens (tertiary/aromatic N) is 1. The van der Waals surface area contributed by atoms with Gasteiger partial charge in [-0.25, -0.2) is 9.80 Å². The van der Waals surface area contributed by atoms with Crippen molar-refractivity contribution in [2.75, 3.05) is 6.54 Å². The maximum absolute atomic E-state index is 11.9. The van der Waals surface area contributed by atoms with Gasteiger partial charge in [0.15, 0.2) is 0 Å². The summed E-state index contributed by atoms with van der Waals surface area (Å²) in [6.07, 6.45) is 3.69. The molecule has 1 heterocycles. The van der Waals surface area contributed by atoms with Crippen LogP contribution in [0.3, 0.4) is 0 Å². The van der Waals surface area contributed by atoms with E-state index in [-0.39, 0.29) is 12.6 Å². The third-order valence-corrected chi connectivity index (χ3v) is 3.69. The lowest BCUT2D eigenvalue weighted by Crippen LogP contribution is -2.48. The van der Waals surface area contributed by atoms with Gasteiger partial charge in [0.05, 0.1) is 6.10 Å². The third-order valence-electron chi connectivity index (χ3n) is 3.69. The van der Waals surface area contributed by atoms with Crippen molar-refractivity contribution in [2.24, 2.45) is 5.92 Å². The predicted octanol–water partition coefficient (Wildman–Crippen LogP) is 0.553.